The highest BCUT2D eigenvalue weighted by Crippen LogP contribution is 2.43. The molecule has 3 heteroatoms. The van der Waals surface area contributed by atoms with Gasteiger partial charge < -0.3 is 10.4 Å². The molecule has 2 aromatic carbocycles. The smallest absolute Gasteiger partial charge is 0.130 e. The van der Waals surface area contributed by atoms with Crippen LogP contribution in [0.2, 0.25) is 0 Å². The summed E-state index contributed by atoms with van der Waals surface area (Å²) in [5.74, 6) is 0. The van der Waals surface area contributed by atoms with Gasteiger partial charge in [-0.3, -0.25) is 4.90 Å². The first-order chi connectivity index (χ1) is 11.3. The van der Waals surface area contributed by atoms with Crippen molar-refractivity contribution in [3.63, 3.8) is 0 Å². The van der Waals surface area contributed by atoms with Crippen molar-refractivity contribution in [2.75, 3.05) is 26.2 Å². The van der Waals surface area contributed by atoms with E-state index in [0.717, 1.165) is 50.1 Å². The Balaban J connectivity index is 1.83. The maximum atomic E-state index is 11.9. The molecule has 2 aromatic rings. The molecule has 0 amide bonds. The molecule has 23 heavy (non-hydrogen) atoms. The fourth-order valence-corrected chi connectivity index (χ4v) is 4.27. The molecular weight excluding hydrogens is 284 g/mol. The van der Waals surface area contributed by atoms with Gasteiger partial charge in [0.2, 0.25) is 0 Å². The first-order valence-electron chi connectivity index (χ1n) is 8.61. The molecule has 0 saturated carbocycles. The highest BCUT2D eigenvalue weighted by atomic mass is 16.3. The summed E-state index contributed by atoms with van der Waals surface area (Å²) >= 11 is 0. The number of rotatable bonds is 2. The van der Waals surface area contributed by atoms with Crippen LogP contribution in [0.25, 0.3) is 0 Å². The lowest BCUT2D eigenvalue weighted by Crippen LogP contribution is -2.58. The van der Waals surface area contributed by atoms with Gasteiger partial charge in [-0.2, -0.15) is 0 Å². The largest absolute Gasteiger partial charge is 0.379 e. The molecule has 1 fully saturated rings. The van der Waals surface area contributed by atoms with Crippen LogP contribution in [0.4, 0.5) is 0 Å². The molecule has 2 atom stereocenters. The molecule has 2 unspecified atom stereocenters. The summed E-state index contributed by atoms with van der Waals surface area (Å²) in [6.45, 7) is 4.01. The second kappa shape index (κ2) is 6.08. The van der Waals surface area contributed by atoms with Crippen LogP contribution in [-0.4, -0.2) is 42.2 Å². The quantitative estimate of drug-likeness (QED) is 0.892. The number of hydrogen-bond donors (Lipinski definition) is 2. The SMILES string of the molecule is OC1(c2ccccc2)c2ccccc2CCC1N1CCNCC1. The zero-order valence-corrected chi connectivity index (χ0v) is 13.4. The summed E-state index contributed by atoms with van der Waals surface area (Å²) in [7, 11) is 0. The minimum Gasteiger partial charge on any atom is -0.379 e. The standard InChI is InChI=1S/C20H24N2O/c23-20(17-7-2-1-3-8-17)18-9-5-4-6-16(18)10-11-19(20)22-14-12-21-13-15-22/h1-9,19,21,23H,10-15H2. The Morgan fingerprint density at radius 3 is 2.43 bits per heavy atom. The lowest BCUT2D eigenvalue weighted by Gasteiger charge is -2.48. The van der Waals surface area contributed by atoms with Crippen LogP contribution in [0.15, 0.2) is 54.6 Å². The molecule has 1 saturated heterocycles. The Bertz CT molecular complexity index is 666. The topological polar surface area (TPSA) is 35.5 Å². The molecule has 2 N–H and O–H groups in total. The second-order valence-corrected chi connectivity index (χ2v) is 6.63. The fraction of sp³-hybridized carbons (Fsp3) is 0.400. The van der Waals surface area contributed by atoms with E-state index in [0.29, 0.717) is 0 Å². The predicted molar refractivity (Wildman–Crippen MR) is 92.4 cm³/mol. The molecule has 1 heterocycles. The van der Waals surface area contributed by atoms with E-state index in [-0.39, 0.29) is 6.04 Å². The van der Waals surface area contributed by atoms with E-state index in [1.54, 1.807) is 0 Å². The number of aryl methyl sites for hydroxylation is 1. The van der Waals surface area contributed by atoms with E-state index < -0.39 is 5.60 Å². The van der Waals surface area contributed by atoms with Crippen molar-refractivity contribution in [3.8, 4) is 0 Å². The lowest BCUT2D eigenvalue weighted by molar-refractivity contribution is -0.0357. The normalized spacial score (nSPS) is 28.3. The van der Waals surface area contributed by atoms with Gasteiger partial charge in [0.1, 0.15) is 5.60 Å². The molecule has 4 rings (SSSR count). The number of hydrogen-bond acceptors (Lipinski definition) is 3. The minimum absolute atomic E-state index is 0.141. The number of aliphatic hydroxyl groups is 1. The van der Waals surface area contributed by atoms with E-state index >= 15 is 0 Å². The first-order valence-corrected chi connectivity index (χ1v) is 8.61. The molecule has 0 spiro atoms. The summed E-state index contributed by atoms with van der Waals surface area (Å²) in [4.78, 5) is 2.47. The zero-order chi connectivity index (χ0) is 15.7. The summed E-state index contributed by atoms with van der Waals surface area (Å²) < 4.78 is 0. The van der Waals surface area contributed by atoms with Crippen molar-refractivity contribution in [2.24, 2.45) is 0 Å². The maximum Gasteiger partial charge on any atom is 0.130 e. The van der Waals surface area contributed by atoms with Crippen LogP contribution < -0.4 is 5.32 Å². The average molecular weight is 308 g/mol. The van der Waals surface area contributed by atoms with Gasteiger partial charge in [0.15, 0.2) is 0 Å². The van der Waals surface area contributed by atoms with Crippen LogP contribution in [0, 0.1) is 0 Å². The van der Waals surface area contributed by atoms with E-state index in [4.69, 9.17) is 0 Å². The average Bonchev–Trinajstić information content (AvgIpc) is 2.64. The summed E-state index contributed by atoms with van der Waals surface area (Å²) in [6.07, 6.45) is 2.04. The number of piperazine rings is 1. The van der Waals surface area contributed by atoms with E-state index in [1.165, 1.54) is 5.56 Å². The van der Waals surface area contributed by atoms with Gasteiger partial charge in [0, 0.05) is 32.2 Å². The zero-order valence-electron chi connectivity index (χ0n) is 13.4. The number of fused-ring (bicyclic) bond motifs is 1. The minimum atomic E-state index is -0.923. The van der Waals surface area contributed by atoms with E-state index in [9.17, 15) is 5.11 Å². The number of nitrogens with zero attached hydrogens (tertiary/aromatic N) is 1. The molecule has 3 nitrogen and oxygen atoms in total. The second-order valence-electron chi connectivity index (χ2n) is 6.63. The van der Waals surface area contributed by atoms with E-state index in [2.05, 4.69) is 40.5 Å². The molecule has 120 valence electrons. The summed E-state index contributed by atoms with van der Waals surface area (Å²) in [6, 6.07) is 18.7. The Kier molecular flexibility index (Phi) is 3.93. The Hall–Kier alpha value is -1.68. The molecule has 1 aliphatic heterocycles. The fourth-order valence-electron chi connectivity index (χ4n) is 4.27. The molecule has 2 aliphatic rings. The van der Waals surface area contributed by atoms with Gasteiger partial charge in [0.25, 0.3) is 0 Å². The molecule has 0 aromatic heterocycles. The Labute approximate surface area is 138 Å². The molecular formula is C20H24N2O. The van der Waals surface area contributed by atoms with Crippen LogP contribution in [0.1, 0.15) is 23.1 Å². The van der Waals surface area contributed by atoms with Crippen molar-refractivity contribution in [3.05, 3.63) is 71.3 Å². The van der Waals surface area contributed by atoms with Crippen molar-refractivity contribution in [2.45, 2.75) is 24.5 Å². The molecule has 0 radical (unpaired) electrons. The van der Waals surface area contributed by atoms with Crippen molar-refractivity contribution in [1.29, 1.82) is 0 Å². The third kappa shape index (κ3) is 2.49. The van der Waals surface area contributed by atoms with Crippen LogP contribution in [-0.2, 0) is 12.0 Å². The third-order valence-corrected chi connectivity index (χ3v) is 5.40. The van der Waals surface area contributed by atoms with Gasteiger partial charge in [-0.25, -0.2) is 0 Å². The van der Waals surface area contributed by atoms with Crippen LogP contribution in [0.3, 0.4) is 0 Å². The molecule has 0 bridgehead atoms. The predicted octanol–water partition coefficient (Wildman–Crippen LogP) is 2.14. The summed E-state index contributed by atoms with van der Waals surface area (Å²) in [5.41, 5.74) is 2.45. The monoisotopic (exact) mass is 308 g/mol. The number of benzene rings is 2. The van der Waals surface area contributed by atoms with Gasteiger partial charge in [-0.1, -0.05) is 54.6 Å². The van der Waals surface area contributed by atoms with E-state index in [1.807, 2.05) is 24.3 Å². The van der Waals surface area contributed by atoms with Gasteiger partial charge in [0.05, 0.1) is 0 Å². The van der Waals surface area contributed by atoms with Gasteiger partial charge in [-0.05, 0) is 29.5 Å². The first kappa shape index (κ1) is 14.9. The van der Waals surface area contributed by atoms with Crippen molar-refractivity contribution < 1.29 is 5.11 Å². The highest BCUT2D eigenvalue weighted by molar-refractivity contribution is 5.45. The van der Waals surface area contributed by atoms with Crippen LogP contribution in [0.5, 0.6) is 0 Å². The third-order valence-electron chi connectivity index (χ3n) is 5.40. The van der Waals surface area contributed by atoms with Crippen LogP contribution >= 0.6 is 0 Å². The number of nitrogens with one attached hydrogen (secondary N) is 1. The Morgan fingerprint density at radius 2 is 1.65 bits per heavy atom. The Morgan fingerprint density at radius 1 is 0.957 bits per heavy atom. The van der Waals surface area contributed by atoms with Gasteiger partial charge >= 0.3 is 0 Å². The molecule has 1 aliphatic carbocycles. The summed E-state index contributed by atoms with van der Waals surface area (Å²) in [5, 5.41) is 15.4. The highest BCUT2D eigenvalue weighted by Gasteiger charge is 2.46. The van der Waals surface area contributed by atoms with Crippen molar-refractivity contribution >= 4 is 0 Å². The van der Waals surface area contributed by atoms with Gasteiger partial charge in [-0.15, -0.1) is 0 Å². The van der Waals surface area contributed by atoms with Crippen molar-refractivity contribution in [1.82, 2.24) is 10.2 Å². The maximum absolute atomic E-state index is 11.9. The lowest BCUT2D eigenvalue weighted by atomic mass is 9.71.